The maximum Gasteiger partial charge on any atom is 0.316 e. The van der Waals surface area contributed by atoms with Crippen molar-refractivity contribution in [1.82, 2.24) is 9.97 Å². The van der Waals surface area contributed by atoms with E-state index in [0.717, 1.165) is 12.1 Å². The fourth-order valence-electron chi connectivity index (χ4n) is 0.718. The first-order valence-electron chi connectivity index (χ1n) is 3.73. The van der Waals surface area contributed by atoms with Gasteiger partial charge in [0.1, 0.15) is 0 Å². The average molecular weight is 151 g/mol. The van der Waals surface area contributed by atoms with Gasteiger partial charge in [-0.05, 0) is 13.3 Å². The van der Waals surface area contributed by atoms with Crippen molar-refractivity contribution in [1.29, 1.82) is 0 Å². The SMILES string of the molecule is CCOc1nc[c]c(CC)n1. The van der Waals surface area contributed by atoms with Crippen molar-refractivity contribution in [3.63, 3.8) is 0 Å². The first-order chi connectivity index (χ1) is 5.36. The van der Waals surface area contributed by atoms with Crippen LogP contribution in [0.1, 0.15) is 19.5 Å². The first-order valence-corrected chi connectivity index (χ1v) is 3.73. The minimum absolute atomic E-state index is 0.447. The second kappa shape index (κ2) is 3.91. The number of rotatable bonds is 3. The summed E-state index contributed by atoms with van der Waals surface area (Å²) in [7, 11) is 0. The Morgan fingerprint density at radius 1 is 1.55 bits per heavy atom. The van der Waals surface area contributed by atoms with E-state index in [9.17, 15) is 0 Å². The van der Waals surface area contributed by atoms with Crippen molar-refractivity contribution in [2.45, 2.75) is 20.3 Å². The zero-order chi connectivity index (χ0) is 8.10. The zero-order valence-electron chi connectivity index (χ0n) is 6.79. The number of nitrogens with zero attached hydrogens (tertiary/aromatic N) is 2. The fourth-order valence-corrected chi connectivity index (χ4v) is 0.718. The molecule has 0 unspecified atom stereocenters. The van der Waals surface area contributed by atoms with E-state index >= 15 is 0 Å². The molecule has 0 aliphatic carbocycles. The van der Waals surface area contributed by atoms with Crippen LogP contribution in [0.4, 0.5) is 0 Å². The van der Waals surface area contributed by atoms with E-state index in [1.807, 2.05) is 13.8 Å². The molecular weight excluding hydrogens is 140 g/mol. The Morgan fingerprint density at radius 3 is 3.00 bits per heavy atom. The van der Waals surface area contributed by atoms with Gasteiger partial charge in [0.15, 0.2) is 0 Å². The molecule has 0 saturated carbocycles. The second-order valence-corrected chi connectivity index (χ2v) is 2.03. The minimum Gasteiger partial charge on any atom is -0.464 e. The quantitative estimate of drug-likeness (QED) is 0.651. The molecule has 0 amide bonds. The van der Waals surface area contributed by atoms with Crippen LogP contribution < -0.4 is 4.74 Å². The molecule has 3 nitrogen and oxygen atoms in total. The van der Waals surface area contributed by atoms with Crippen LogP contribution in [-0.2, 0) is 6.42 Å². The summed E-state index contributed by atoms with van der Waals surface area (Å²) in [4.78, 5) is 7.98. The van der Waals surface area contributed by atoms with E-state index < -0.39 is 0 Å². The molecule has 0 aromatic carbocycles. The van der Waals surface area contributed by atoms with Gasteiger partial charge in [-0.25, -0.2) is 4.98 Å². The topological polar surface area (TPSA) is 35.0 Å². The first kappa shape index (κ1) is 7.98. The molecular formula is C8H11N2O. The van der Waals surface area contributed by atoms with Crippen LogP contribution in [0.2, 0.25) is 0 Å². The monoisotopic (exact) mass is 151 g/mol. The Hall–Kier alpha value is -1.12. The third-order valence-corrected chi connectivity index (χ3v) is 1.25. The number of aryl methyl sites for hydroxylation is 1. The van der Waals surface area contributed by atoms with E-state index in [0.29, 0.717) is 12.6 Å². The Kier molecular flexibility index (Phi) is 2.83. The Labute approximate surface area is 66.4 Å². The molecule has 1 aromatic heterocycles. The van der Waals surface area contributed by atoms with Crippen molar-refractivity contribution in [3.05, 3.63) is 18.0 Å². The lowest BCUT2D eigenvalue weighted by Gasteiger charge is -2.00. The van der Waals surface area contributed by atoms with Crippen LogP contribution in [0.15, 0.2) is 6.20 Å². The van der Waals surface area contributed by atoms with E-state index in [2.05, 4.69) is 16.0 Å². The van der Waals surface area contributed by atoms with E-state index in [1.54, 1.807) is 6.20 Å². The van der Waals surface area contributed by atoms with Gasteiger partial charge < -0.3 is 4.74 Å². The molecule has 1 aromatic rings. The van der Waals surface area contributed by atoms with Crippen LogP contribution in [0.5, 0.6) is 6.01 Å². The molecule has 59 valence electrons. The van der Waals surface area contributed by atoms with Crippen LogP contribution in [0.3, 0.4) is 0 Å². The summed E-state index contributed by atoms with van der Waals surface area (Å²) in [5.41, 5.74) is 0.892. The lowest BCUT2D eigenvalue weighted by molar-refractivity contribution is 0.311. The predicted molar refractivity (Wildman–Crippen MR) is 41.4 cm³/mol. The number of hydrogen-bond donors (Lipinski definition) is 0. The largest absolute Gasteiger partial charge is 0.464 e. The lowest BCUT2D eigenvalue weighted by atomic mass is 10.3. The van der Waals surface area contributed by atoms with Crippen LogP contribution in [0.25, 0.3) is 0 Å². The van der Waals surface area contributed by atoms with Crippen molar-refractivity contribution >= 4 is 0 Å². The van der Waals surface area contributed by atoms with E-state index in [-0.39, 0.29) is 0 Å². The van der Waals surface area contributed by atoms with Gasteiger partial charge in [-0.15, -0.1) is 0 Å². The molecule has 0 atom stereocenters. The fraction of sp³-hybridized carbons (Fsp3) is 0.500. The highest BCUT2D eigenvalue weighted by atomic mass is 16.5. The highest BCUT2D eigenvalue weighted by Gasteiger charge is 1.96. The maximum absolute atomic E-state index is 5.11. The molecule has 0 fully saturated rings. The summed E-state index contributed by atoms with van der Waals surface area (Å²) >= 11 is 0. The Bertz CT molecular complexity index is 225. The van der Waals surface area contributed by atoms with E-state index in [4.69, 9.17) is 4.74 Å². The van der Waals surface area contributed by atoms with Crippen LogP contribution in [-0.4, -0.2) is 16.6 Å². The molecule has 3 heteroatoms. The molecule has 0 aliphatic rings. The Morgan fingerprint density at radius 2 is 2.36 bits per heavy atom. The van der Waals surface area contributed by atoms with Gasteiger partial charge in [0.2, 0.25) is 0 Å². The molecule has 1 radical (unpaired) electrons. The number of hydrogen-bond acceptors (Lipinski definition) is 3. The minimum atomic E-state index is 0.447. The van der Waals surface area contributed by atoms with Crippen LogP contribution >= 0.6 is 0 Å². The summed E-state index contributed by atoms with van der Waals surface area (Å²) < 4.78 is 5.11. The standard InChI is InChI=1S/C8H11N2O/c1-3-7-5-6-9-8(10-7)11-4-2/h6H,3-4H2,1-2H3. The lowest BCUT2D eigenvalue weighted by Crippen LogP contribution is -1.99. The van der Waals surface area contributed by atoms with Crippen molar-refractivity contribution in [3.8, 4) is 6.01 Å². The number of ether oxygens (including phenoxy) is 1. The molecule has 0 bridgehead atoms. The molecule has 1 rings (SSSR count). The normalized spacial score (nSPS) is 9.64. The molecule has 11 heavy (non-hydrogen) atoms. The van der Waals surface area contributed by atoms with Crippen molar-refractivity contribution < 1.29 is 4.74 Å². The molecule has 0 spiro atoms. The molecule has 0 aliphatic heterocycles. The van der Waals surface area contributed by atoms with Gasteiger partial charge in [-0.1, -0.05) is 6.92 Å². The van der Waals surface area contributed by atoms with Gasteiger partial charge >= 0.3 is 6.01 Å². The van der Waals surface area contributed by atoms with Gasteiger partial charge in [0.05, 0.1) is 12.3 Å². The Balaban J connectivity index is 2.74. The highest BCUT2D eigenvalue weighted by Crippen LogP contribution is 2.01. The summed E-state index contributed by atoms with van der Waals surface area (Å²) in [6.45, 7) is 4.54. The maximum atomic E-state index is 5.11. The van der Waals surface area contributed by atoms with Gasteiger partial charge in [0.25, 0.3) is 0 Å². The van der Waals surface area contributed by atoms with Crippen molar-refractivity contribution in [2.75, 3.05) is 6.61 Å². The molecule has 0 N–H and O–H groups in total. The highest BCUT2D eigenvalue weighted by molar-refractivity contribution is 5.03. The molecule has 1 heterocycles. The van der Waals surface area contributed by atoms with Crippen LogP contribution in [0, 0.1) is 6.07 Å². The summed E-state index contributed by atoms with van der Waals surface area (Å²) in [5.74, 6) is 0. The molecule has 0 saturated heterocycles. The smallest absolute Gasteiger partial charge is 0.316 e. The van der Waals surface area contributed by atoms with E-state index in [1.165, 1.54) is 0 Å². The number of aromatic nitrogens is 2. The zero-order valence-corrected chi connectivity index (χ0v) is 6.79. The van der Waals surface area contributed by atoms with Gasteiger partial charge in [-0.2, -0.15) is 4.98 Å². The predicted octanol–water partition coefficient (Wildman–Crippen LogP) is 1.24. The second-order valence-electron chi connectivity index (χ2n) is 2.03. The average Bonchev–Trinajstić information content (AvgIpc) is 2.06. The van der Waals surface area contributed by atoms with Gasteiger partial charge in [0, 0.05) is 12.3 Å². The third kappa shape index (κ3) is 2.18. The van der Waals surface area contributed by atoms with Crippen molar-refractivity contribution in [2.24, 2.45) is 0 Å². The summed E-state index contributed by atoms with van der Waals surface area (Å²) in [6, 6.07) is 3.36. The summed E-state index contributed by atoms with van der Waals surface area (Å²) in [5, 5.41) is 0. The third-order valence-electron chi connectivity index (χ3n) is 1.25. The van der Waals surface area contributed by atoms with Gasteiger partial charge in [-0.3, -0.25) is 0 Å². The summed E-state index contributed by atoms with van der Waals surface area (Å²) in [6.07, 6.45) is 2.46.